The van der Waals surface area contributed by atoms with Gasteiger partial charge in [0.05, 0.1) is 11.0 Å². The van der Waals surface area contributed by atoms with Crippen LogP contribution in [0.2, 0.25) is 0 Å². The number of amides is 1. The van der Waals surface area contributed by atoms with Crippen molar-refractivity contribution in [2.24, 2.45) is 7.05 Å². The zero-order chi connectivity index (χ0) is 17.6. The summed E-state index contributed by atoms with van der Waals surface area (Å²) in [4.78, 5) is 24.7. The van der Waals surface area contributed by atoms with E-state index in [1.54, 1.807) is 13.1 Å². The van der Waals surface area contributed by atoms with Gasteiger partial charge >= 0.3 is 5.69 Å². The summed E-state index contributed by atoms with van der Waals surface area (Å²) in [6.45, 7) is -0.0213. The van der Waals surface area contributed by atoms with Gasteiger partial charge in [-0.1, -0.05) is 24.3 Å². The molecule has 2 atom stereocenters. The standard InChI is InChI=1S/C19H18FN3O2/c1-22-16-7-2-3-8-17(16)23(19(22)25)11-18(24)21-15-10-14(15)12-5-4-6-13(20)9-12/h2-9,14-15H,10-11H2,1H3,(H,21,24)/t14-,15+/m0/s1. The van der Waals surface area contributed by atoms with Gasteiger partial charge in [-0.05, 0) is 36.2 Å². The van der Waals surface area contributed by atoms with Crippen molar-refractivity contribution in [1.29, 1.82) is 0 Å². The largest absolute Gasteiger partial charge is 0.351 e. The van der Waals surface area contributed by atoms with Crippen LogP contribution in [0.3, 0.4) is 0 Å². The molecule has 2 aromatic carbocycles. The summed E-state index contributed by atoms with van der Waals surface area (Å²) in [7, 11) is 1.69. The molecule has 1 N–H and O–H groups in total. The quantitative estimate of drug-likeness (QED) is 0.792. The van der Waals surface area contributed by atoms with Crippen molar-refractivity contribution in [1.82, 2.24) is 14.5 Å². The van der Waals surface area contributed by atoms with Crippen molar-refractivity contribution in [2.75, 3.05) is 0 Å². The van der Waals surface area contributed by atoms with Gasteiger partial charge in [0, 0.05) is 19.0 Å². The second kappa shape index (κ2) is 5.88. The zero-order valence-corrected chi connectivity index (χ0v) is 13.8. The number of para-hydroxylation sites is 2. The molecule has 1 heterocycles. The minimum absolute atomic E-state index is 0.0000199. The van der Waals surface area contributed by atoms with E-state index in [9.17, 15) is 14.0 Å². The van der Waals surface area contributed by atoms with Gasteiger partial charge < -0.3 is 5.32 Å². The number of rotatable bonds is 4. The Labute approximate surface area is 143 Å². The monoisotopic (exact) mass is 339 g/mol. The predicted octanol–water partition coefficient (Wildman–Crippen LogP) is 2.15. The molecule has 6 heteroatoms. The first-order valence-corrected chi connectivity index (χ1v) is 8.23. The molecule has 1 aliphatic carbocycles. The van der Waals surface area contributed by atoms with E-state index in [2.05, 4.69) is 5.32 Å². The summed E-state index contributed by atoms with van der Waals surface area (Å²) in [6, 6.07) is 13.9. The van der Waals surface area contributed by atoms with E-state index in [0.29, 0.717) is 0 Å². The molecule has 0 aliphatic heterocycles. The summed E-state index contributed by atoms with van der Waals surface area (Å²) < 4.78 is 16.3. The Bertz CT molecular complexity index is 1020. The van der Waals surface area contributed by atoms with Gasteiger partial charge in [-0.3, -0.25) is 13.9 Å². The van der Waals surface area contributed by atoms with Crippen LogP contribution in [0, 0.1) is 5.82 Å². The minimum atomic E-state index is -0.267. The van der Waals surface area contributed by atoms with E-state index in [1.807, 2.05) is 30.3 Å². The maximum Gasteiger partial charge on any atom is 0.329 e. The van der Waals surface area contributed by atoms with Crippen LogP contribution in [0.1, 0.15) is 17.9 Å². The highest BCUT2D eigenvalue weighted by molar-refractivity contribution is 5.81. The number of hydrogen-bond donors (Lipinski definition) is 1. The van der Waals surface area contributed by atoms with E-state index < -0.39 is 0 Å². The van der Waals surface area contributed by atoms with Crippen LogP contribution in [0.15, 0.2) is 53.3 Å². The summed E-state index contributed by atoms with van der Waals surface area (Å²) in [6.07, 6.45) is 0.791. The summed E-state index contributed by atoms with van der Waals surface area (Å²) >= 11 is 0. The molecule has 5 nitrogen and oxygen atoms in total. The summed E-state index contributed by atoms with van der Waals surface area (Å²) in [5, 5.41) is 2.94. The molecule has 0 radical (unpaired) electrons. The zero-order valence-electron chi connectivity index (χ0n) is 13.8. The van der Waals surface area contributed by atoms with Crippen molar-refractivity contribution >= 4 is 16.9 Å². The Balaban J connectivity index is 1.48. The minimum Gasteiger partial charge on any atom is -0.351 e. The maximum absolute atomic E-state index is 13.3. The topological polar surface area (TPSA) is 56.0 Å². The second-order valence-electron chi connectivity index (χ2n) is 6.49. The molecule has 4 rings (SSSR count). The normalized spacial score (nSPS) is 19.1. The van der Waals surface area contributed by atoms with Crippen LogP contribution in [-0.2, 0) is 18.4 Å². The number of carbonyl (C=O) groups excluding carboxylic acids is 1. The molecule has 25 heavy (non-hydrogen) atoms. The molecule has 1 fully saturated rings. The lowest BCUT2D eigenvalue weighted by Gasteiger charge is -2.06. The SMILES string of the molecule is Cn1c(=O)n(CC(=O)N[C@@H]2C[C@H]2c2cccc(F)c2)c2ccccc21. The summed E-state index contributed by atoms with van der Waals surface area (Å²) in [5.41, 5.74) is 2.22. The van der Waals surface area contributed by atoms with Crippen LogP contribution < -0.4 is 11.0 Å². The smallest absolute Gasteiger partial charge is 0.329 e. The van der Waals surface area contributed by atoms with Gasteiger partial charge in [-0.15, -0.1) is 0 Å². The van der Waals surface area contributed by atoms with Crippen LogP contribution in [0.25, 0.3) is 11.0 Å². The van der Waals surface area contributed by atoms with Crippen molar-refractivity contribution in [2.45, 2.75) is 24.9 Å². The number of nitrogens with one attached hydrogen (secondary N) is 1. The highest BCUT2D eigenvalue weighted by Gasteiger charge is 2.39. The first kappa shape index (κ1) is 15.6. The van der Waals surface area contributed by atoms with Gasteiger partial charge in [0.1, 0.15) is 12.4 Å². The Morgan fingerprint density at radius 1 is 1.20 bits per heavy atom. The van der Waals surface area contributed by atoms with Crippen LogP contribution in [0.5, 0.6) is 0 Å². The third-order valence-electron chi connectivity index (χ3n) is 4.77. The lowest BCUT2D eigenvalue weighted by Crippen LogP contribution is -2.34. The van der Waals surface area contributed by atoms with E-state index >= 15 is 0 Å². The number of hydrogen-bond acceptors (Lipinski definition) is 2. The predicted molar refractivity (Wildman–Crippen MR) is 92.9 cm³/mol. The lowest BCUT2D eigenvalue weighted by molar-refractivity contribution is -0.121. The number of aromatic nitrogens is 2. The number of carbonyl (C=O) groups is 1. The van der Waals surface area contributed by atoms with Crippen molar-refractivity contribution in [3.05, 3.63) is 70.4 Å². The Morgan fingerprint density at radius 3 is 2.72 bits per heavy atom. The van der Waals surface area contributed by atoms with Crippen LogP contribution in [0.4, 0.5) is 4.39 Å². The molecule has 1 aliphatic rings. The first-order chi connectivity index (χ1) is 12.0. The fourth-order valence-electron chi connectivity index (χ4n) is 3.37. The van der Waals surface area contributed by atoms with E-state index in [-0.39, 0.29) is 35.9 Å². The number of nitrogens with zero attached hydrogens (tertiary/aromatic N) is 2. The number of imidazole rings is 1. The molecule has 1 amide bonds. The Kier molecular flexibility index (Phi) is 3.67. The molecular formula is C19H18FN3O2. The van der Waals surface area contributed by atoms with Gasteiger partial charge in [0.25, 0.3) is 0 Å². The van der Waals surface area contributed by atoms with Crippen molar-refractivity contribution in [3.63, 3.8) is 0 Å². The van der Waals surface area contributed by atoms with Gasteiger partial charge in [-0.2, -0.15) is 0 Å². The average Bonchev–Trinajstić information content (AvgIpc) is 3.33. The van der Waals surface area contributed by atoms with E-state index in [0.717, 1.165) is 23.0 Å². The van der Waals surface area contributed by atoms with Gasteiger partial charge in [-0.25, -0.2) is 9.18 Å². The first-order valence-electron chi connectivity index (χ1n) is 8.23. The third-order valence-corrected chi connectivity index (χ3v) is 4.77. The molecule has 0 spiro atoms. The van der Waals surface area contributed by atoms with E-state index in [4.69, 9.17) is 0 Å². The highest BCUT2D eigenvalue weighted by atomic mass is 19.1. The number of benzene rings is 2. The molecule has 3 aromatic rings. The number of aryl methyl sites for hydroxylation is 1. The van der Waals surface area contributed by atoms with Gasteiger partial charge in [0.2, 0.25) is 5.91 Å². The molecule has 1 aromatic heterocycles. The highest BCUT2D eigenvalue weighted by Crippen LogP contribution is 2.40. The molecule has 0 saturated heterocycles. The lowest BCUT2D eigenvalue weighted by atomic mass is 10.1. The molecule has 0 unspecified atom stereocenters. The molecule has 1 saturated carbocycles. The maximum atomic E-state index is 13.3. The third kappa shape index (κ3) is 2.84. The van der Waals surface area contributed by atoms with Crippen LogP contribution in [-0.4, -0.2) is 21.1 Å². The number of fused-ring (bicyclic) bond motifs is 1. The van der Waals surface area contributed by atoms with Crippen molar-refractivity contribution < 1.29 is 9.18 Å². The van der Waals surface area contributed by atoms with Crippen molar-refractivity contribution in [3.8, 4) is 0 Å². The summed E-state index contributed by atoms with van der Waals surface area (Å²) in [5.74, 6) is -0.331. The molecule has 0 bridgehead atoms. The molecule has 128 valence electrons. The fourth-order valence-corrected chi connectivity index (χ4v) is 3.37. The second-order valence-corrected chi connectivity index (χ2v) is 6.49. The average molecular weight is 339 g/mol. The number of halogens is 1. The Hall–Kier alpha value is -2.89. The van der Waals surface area contributed by atoms with E-state index in [1.165, 1.54) is 21.3 Å². The van der Waals surface area contributed by atoms with Gasteiger partial charge in [0.15, 0.2) is 0 Å². The Morgan fingerprint density at radius 2 is 1.96 bits per heavy atom. The van der Waals surface area contributed by atoms with Crippen LogP contribution >= 0.6 is 0 Å². The fraction of sp³-hybridized carbons (Fsp3) is 0.263. The molecular weight excluding hydrogens is 321 g/mol.